The maximum atomic E-state index is 13.1. The molecule has 1 aromatic heterocycles. The summed E-state index contributed by atoms with van der Waals surface area (Å²) >= 11 is 1.34. The summed E-state index contributed by atoms with van der Waals surface area (Å²) in [7, 11) is 0. The Kier molecular flexibility index (Phi) is 4.17. The minimum absolute atomic E-state index is 0.204. The van der Waals surface area contributed by atoms with Crippen molar-refractivity contribution in [2.24, 2.45) is 0 Å². The molecule has 0 bridgehead atoms. The van der Waals surface area contributed by atoms with Gasteiger partial charge in [-0.15, -0.1) is 0 Å². The van der Waals surface area contributed by atoms with Crippen LogP contribution in [0.15, 0.2) is 28.3 Å². The predicted molar refractivity (Wildman–Crippen MR) is 72.7 cm³/mol. The molecule has 0 saturated carbocycles. The molecule has 0 saturated heterocycles. The van der Waals surface area contributed by atoms with E-state index in [-0.39, 0.29) is 12.4 Å². The van der Waals surface area contributed by atoms with Crippen molar-refractivity contribution in [1.82, 2.24) is 9.97 Å². The number of hydrogen-bond acceptors (Lipinski definition) is 4. The summed E-state index contributed by atoms with van der Waals surface area (Å²) in [5.41, 5.74) is 3.49. The second-order valence-electron chi connectivity index (χ2n) is 4.31. The number of aliphatic hydroxyl groups is 1. The Labute approximate surface area is 115 Å². The first-order chi connectivity index (χ1) is 9.01. The molecule has 0 radical (unpaired) electrons. The highest BCUT2D eigenvalue weighted by Gasteiger charge is 2.10. The SMILES string of the molecule is Cc1nc(Sc2ccc(F)cc2CO)nc(C)c1C. The number of aliphatic hydroxyl groups excluding tert-OH is 1. The molecular formula is C14H15FN2OS. The Morgan fingerprint density at radius 2 is 1.79 bits per heavy atom. The average molecular weight is 278 g/mol. The number of aromatic nitrogens is 2. The molecule has 0 fully saturated rings. The first-order valence-electron chi connectivity index (χ1n) is 5.90. The molecule has 0 atom stereocenters. The molecule has 5 heteroatoms. The van der Waals surface area contributed by atoms with Crippen molar-refractivity contribution in [1.29, 1.82) is 0 Å². The van der Waals surface area contributed by atoms with Gasteiger partial charge < -0.3 is 5.11 Å². The monoisotopic (exact) mass is 278 g/mol. The van der Waals surface area contributed by atoms with Gasteiger partial charge in [0.25, 0.3) is 0 Å². The molecular weight excluding hydrogens is 263 g/mol. The van der Waals surface area contributed by atoms with Crippen molar-refractivity contribution >= 4 is 11.8 Å². The summed E-state index contributed by atoms with van der Waals surface area (Å²) in [6.45, 7) is 5.65. The fourth-order valence-electron chi connectivity index (χ4n) is 1.66. The van der Waals surface area contributed by atoms with Gasteiger partial charge >= 0.3 is 0 Å². The minimum Gasteiger partial charge on any atom is -0.392 e. The van der Waals surface area contributed by atoms with Crippen LogP contribution in [0.2, 0.25) is 0 Å². The Morgan fingerprint density at radius 3 is 2.37 bits per heavy atom. The number of aryl methyl sites for hydroxylation is 2. The Morgan fingerprint density at radius 1 is 1.16 bits per heavy atom. The van der Waals surface area contributed by atoms with Gasteiger partial charge in [-0.1, -0.05) is 0 Å². The fraction of sp³-hybridized carbons (Fsp3) is 0.286. The number of halogens is 1. The van der Waals surface area contributed by atoms with Gasteiger partial charge in [-0.25, -0.2) is 14.4 Å². The van der Waals surface area contributed by atoms with E-state index >= 15 is 0 Å². The smallest absolute Gasteiger partial charge is 0.192 e. The second-order valence-corrected chi connectivity index (χ2v) is 5.32. The maximum Gasteiger partial charge on any atom is 0.192 e. The van der Waals surface area contributed by atoms with Crippen molar-refractivity contribution < 1.29 is 9.50 Å². The van der Waals surface area contributed by atoms with Crippen molar-refractivity contribution in [2.75, 3.05) is 0 Å². The number of benzene rings is 1. The molecule has 2 aromatic rings. The van der Waals surface area contributed by atoms with Gasteiger partial charge in [0.2, 0.25) is 0 Å². The highest BCUT2D eigenvalue weighted by molar-refractivity contribution is 7.99. The summed E-state index contributed by atoms with van der Waals surface area (Å²) in [6, 6.07) is 4.34. The fourth-order valence-corrected chi connectivity index (χ4v) is 2.61. The molecule has 0 spiro atoms. The van der Waals surface area contributed by atoms with Crippen molar-refractivity contribution in [3.63, 3.8) is 0 Å². The van der Waals surface area contributed by atoms with E-state index in [1.54, 1.807) is 6.07 Å². The highest BCUT2D eigenvalue weighted by atomic mass is 32.2. The van der Waals surface area contributed by atoms with Crippen LogP contribution in [0.4, 0.5) is 4.39 Å². The predicted octanol–water partition coefficient (Wildman–Crippen LogP) is 3.18. The van der Waals surface area contributed by atoms with Gasteiger partial charge in [0, 0.05) is 16.3 Å². The Balaban J connectivity index is 2.36. The summed E-state index contributed by atoms with van der Waals surface area (Å²) in [4.78, 5) is 9.58. The van der Waals surface area contributed by atoms with Gasteiger partial charge in [0.05, 0.1) is 6.61 Å². The van der Waals surface area contributed by atoms with Gasteiger partial charge in [-0.05, 0) is 61.9 Å². The first kappa shape index (κ1) is 14.0. The van der Waals surface area contributed by atoms with Gasteiger partial charge in [-0.3, -0.25) is 0 Å². The summed E-state index contributed by atoms with van der Waals surface area (Å²) < 4.78 is 13.1. The van der Waals surface area contributed by atoms with Gasteiger partial charge in [0.15, 0.2) is 5.16 Å². The molecule has 1 aromatic carbocycles. The standard InChI is InChI=1S/C14H15FN2OS/c1-8-9(2)16-14(17-10(8)3)19-13-5-4-12(15)6-11(13)7-18/h4-6,18H,7H2,1-3H3. The van der Waals surface area contributed by atoms with Crippen LogP contribution < -0.4 is 0 Å². The van der Waals surface area contributed by atoms with Crippen molar-refractivity contribution in [2.45, 2.75) is 37.4 Å². The van der Waals surface area contributed by atoms with E-state index in [1.165, 1.54) is 23.9 Å². The lowest BCUT2D eigenvalue weighted by molar-refractivity contribution is 0.278. The molecule has 1 heterocycles. The Hall–Kier alpha value is -1.46. The van der Waals surface area contributed by atoms with Crippen LogP contribution in [0.3, 0.4) is 0 Å². The summed E-state index contributed by atoms with van der Waals surface area (Å²) in [5, 5.41) is 9.87. The molecule has 2 rings (SSSR count). The molecule has 3 nitrogen and oxygen atoms in total. The van der Waals surface area contributed by atoms with E-state index in [9.17, 15) is 9.50 Å². The second kappa shape index (κ2) is 5.67. The lowest BCUT2D eigenvalue weighted by Gasteiger charge is -2.09. The zero-order valence-electron chi connectivity index (χ0n) is 11.1. The van der Waals surface area contributed by atoms with Crippen LogP contribution in [0.5, 0.6) is 0 Å². The minimum atomic E-state index is -0.356. The third-order valence-electron chi connectivity index (χ3n) is 3.01. The summed E-state index contributed by atoms with van der Waals surface area (Å²) in [5.74, 6) is -0.356. The van der Waals surface area contributed by atoms with Crippen LogP contribution in [0.1, 0.15) is 22.5 Å². The van der Waals surface area contributed by atoms with Crippen LogP contribution >= 0.6 is 11.8 Å². The van der Waals surface area contributed by atoms with Gasteiger partial charge in [0.1, 0.15) is 5.82 Å². The molecule has 100 valence electrons. The molecule has 1 N–H and O–H groups in total. The van der Waals surface area contributed by atoms with E-state index in [0.717, 1.165) is 21.8 Å². The molecule has 0 unspecified atom stereocenters. The molecule has 0 aliphatic heterocycles. The third-order valence-corrected chi connectivity index (χ3v) is 3.99. The Bertz CT molecular complexity index is 593. The van der Waals surface area contributed by atoms with Gasteiger partial charge in [-0.2, -0.15) is 0 Å². The zero-order chi connectivity index (χ0) is 14.0. The number of nitrogens with zero attached hydrogens (tertiary/aromatic N) is 2. The largest absolute Gasteiger partial charge is 0.392 e. The normalized spacial score (nSPS) is 10.8. The third kappa shape index (κ3) is 3.11. The average Bonchev–Trinajstić information content (AvgIpc) is 2.38. The molecule has 19 heavy (non-hydrogen) atoms. The van der Waals surface area contributed by atoms with Crippen LogP contribution in [-0.2, 0) is 6.61 Å². The van der Waals surface area contributed by atoms with Crippen molar-refractivity contribution in [3.8, 4) is 0 Å². The molecule has 0 aliphatic rings. The van der Waals surface area contributed by atoms with Crippen LogP contribution in [0, 0.1) is 26.6 Å². The lowest BCUT2D eigenvalue weighted by Crippen LogP contribution is -1.98. The molecule has 0 amide bonds. The number of rotatable bonds is 3. The maximum absolute atomic E-state index is 13.1. The first-order valence-corrected chi connectivity index (χ1v) is 6.72. The lowest BCUT2D eigenvalue weighted by atomic mass is 10.2. The zero-order valence-corrected chi connectivity index (χ0v) is 11.9. The van der Waals surface area contributed by atoms with E-state index in [2.05, 4.69) is 9.97 Å². The topological polar surface area (TPSA) is 46.0 Å². The van der Waals surface area contributed by atoms with E-state index in [4.69, 9.17) is 0 Å². The van der Waals surface area contributed by atoms with E-state index in [1.807, 2.05) is 20.8 Å². The van der Waals surface area contributed by atoms with Crippen molar-refractivity contribution in [3.05, 3.63) is 46.5 Å². The number of hydrogen-bond donors (Lipinski definition) is 1. The van der Waals surface area contributed by atoms with E-state index in [0.29, 0.717) is 10.7 Å². The quantitative estimate of drug-likeness (QED) is 0.876. The summed E-state index contributed by atoms with van der Waals surface area (Å²) in [6.07, 6.45) is 0. The van der Waals surface area contributed by atoms with Crippen LogP contribution in [-0.4, -0.2) is 15.1 Å². The molecule has 0 aliphatic carbocycles. The van der Waals surface area contributed by atoms with Crippen LogP contribution in [0.25, 0.3) is 0 Å². The highest BCUT2D eigenvalue weighted by Crippen LogP contribution is 2.29. The van der Waals surface area contributed by atoms with E-state index < -0.39 is 0 Å².